The third-order valence-corrected chi connectivity index (χ3v) is 4.97. The van der Waals surface area contributed by atoms with Gasteiger partial charge in [0.15, 0.2) is 0 Å². The number of anilines is 2. The fourth-order valence-electron chi connectivity index (χ4n) is 3.44. The molecule has 1 aromatic carbocycles. The van der Waals surface area contributed by atoms with Crippen LogP contribution < -0.4 is 11.1 Å². The van der Waals surface area contributed by atoms with E-state index in [9.17, 15) is 0 Å². The minimum Gasteiger partial charge on any atom is -0.397 e. The molecule has 0 aliphatic heterocycles. The Morgan fingerprint density at radius 1 is 1.20 bits per heavy atom. The highest BCUT2D eigenvalue weighted by molar-refractivity contribution is 6.42. The Balaban J connectivity index is 2.08. The number of hydrogen-bond acceptors (Lipinski definition) is 2. The Labute approximate surface area is 132 Å². The molecule has 4 heteroatoms. The van der Waals surface area contributed by atoms with E-state index in [-0.39, 0.29) is 0 Å². The molecule has 2 nitrogen and oxygen atoms in total. The topological polar surface area (TPSA) is 38.0 Å². The van der Waals surface area contributed by atoms with Gasteiger partial charge in [-0.2, -0.15) is 0 Å². The SMILES string of the molecule is CC(C)CC1(CNc2cc(Cl)c(Cl)cc2N)CCCC1. The van der Waals surface area contributed by atoms with Gasteiger partial charge in [0.1, 0.15) is 0 Å². The molecule has 0 saturated heterocycles. The Bertz CT molecular complexity index is 466. The molecule has 20 heavy (non-hydrogen) atoms. The molecular formula is C16H24Cl2N2. The average Bonchev–Trinajstić information content (AvgIpc) is 2.80. The fraction of sp³-hybridized carbons (Fsp3) is 0.625. The highest BCUT2D eigenvalue weighted by atomic mass is 35.5. The lowest BCUT2D eigenvalue weighted by Gasteiger charge is -2.32. The van der Waals surface area contributed by atoms with E-state index < -0.39 is 0 Å². The number of nitrogens with two attached hydrogens (primary N) is 1. The second-order valence-electron chi connectivity index (χ2n) is 6.51. The van der Waals surface area contributed by atoms with Crippen LogP contribution in [-0.2, 0) is 0 Å². The van der Waals surface area contributed by atoms with Crippen LogP contribution in [0.4, 0.5) is 11.4 Å². The lowest BCUT2D eigenvalue weighted by atomic mass is 9.78. The van der Waals surface area contributed by atoms with Gasteiger partial charge in [0.2, 0.25) is 0 Å². The molecular weight excluding hydrogens is 291 g/mol. The van der Waals surface area contributed by atoms with Crippen molar-refractivity contribution < 1.29 is 0 Å². The maximum atomic E-state index is 6.07. The molecule has 0 aromatic heterocycles. The van der Waals surface area contributed by atoms with Crippen molar-refractivity contribution in [3.05, 3.63) is 22.2 Å². The third-order valence-electron chi connectivity index (χ3n) is 4.25. The first-order valence-corrected chi connectivity index (χ1v) is 8.16. The highest BCUT2D eigenvalue weighted by Gasteiger charge is 2.34. The predicted octanol–water partition coefficient (Wildman–Crippen LogP) is 5.59. The second kappa shape index (κ2) is 6.44. The zero-order chi connectivity index (χ0) is 14.8. The molecule has 0 unspecified atom stereocenters. The van der Waals surface area contributed by atoms with Gasteiger partial charge in [-0.05, 0) is 42.7 Å². The second-order valence-corrected chi connectivity index (χ2v) is 7.33. The van der Waals surface area contributed by atoms with Crippen LogP contribution >= 0.6 is 23.2 Å². The van der Waals surface area contributed by atoms with Crippen molar-refractivity contribution in [2.75, 3.05) is 17.6 Å². The van der Waals surface area contributed by atoms with Gasteiger partial charge in [0.05, 0.1) is 21.4 Å². The molecule has 0 bridgehead atoms. The molecule has 1 fully saturated rings. The predicted molar refractivity (Wildman–Crippen MR) is 89.7 cm³/mol. The zero-order valence-electron chi connectivity index (χ0n) is 12.3. The van der Waals surface area contributed by atoms with E-state index in [1.54, 1.807) is 6.07 Å². The molecule has 3 N–H and O–H groups in total. The molecule has 1 aromatic rings. The first-order chi connectivity index (χ1) is 9.42. The van der Waals surface area contributed by atoms with Gasteiger partial charge < -0.3 is 11.1 Å². The number of halogens is 2. The zero-order valence-corrected chi connectivity index (χ0v) is 13.8. The van der Waals surface area contributed by atoms with E-state index in [0.29, 0.717) is 21.1 Å². The molecule has 1 aliphatic rings. The standard InChI is InChI=1S/C16H24Cl2N2/c1-11(2)9-16(5-3-4-6-16)10-20-15-8-13(18)12(17)7-14(15)19/h7-8,11,20H,3-6,9-10,19H2,1-2H3. The van der Waals surface area contributed by atoms with E-state index >= 15 is 0 Å². The summed E-state index contributed by atoms with van der Waals surface area (Å²) < 4.78 is 0. The van der Waals surface area contributed by atoms with E-state index in [0.717, 1.165) is 18.2 Å². The normalized spacial score (nSPS) is 17.6. The quantitative estimate of drug-likeness (QED) is 0.695. The molecule has 1 aliphatic carbocycles. The van der Waals surface area contributed by atoms with Gasteiger partial charge in [-0.1, -0.05) is 49.9 Å². The summed E-state index contributed by atoms with van der Waals surface area (Å²) in [7, 11) is 0. The number of rotatable bonds is 5. The highest BCUT2D eigenvalue weighted by Crippen LogP contribution is 2.43. The van der Waals surface area contributed by atoms with Crippen molar-refractivity contribution in [1.29, 1.82) is 0 Å². The van der Waals surface area contributed by atoms with Crippen molar-refractivity contribution in [2.45, 2.75) is 46.0 Å². The largest absolute Gasteiger partial charge is 0.397 e. The van der Waals surface area contributed by atoms with Crippen molar-refractivity contribution in [3.8, 4) is 0 Å². The molecule has 0 radical (unpaired) electrons. The lowest BCUT2D eigenvalue weighted by Crippen LogP contribution is -2.28. The van der Waals surface area contributed by atoms with E-state index in [1.807, 2.05) is 6.07 Å². The maximum Gasteiger partial charge on any atom is 0.0614 e. The van der Waals surface area contributed by atoms with Crippen LogP contribution in [0.5, 0.6) is 0 Å². The average molecular weight is 315 g/mol. The number of nitrogens with one attached hydrogen (secondary N) is 1. The summed E-state index contributed by atoms with van der Waals surface area (Å²) in [5.41, 5.74) is 7.98. The van der Waals surface area contributed by atoms with Gasteiger partial charge in [0, 0.05) is 6.54 Å². The summed E-state index contributed by atoms with van der Waals surface area (Å²) >= 11 is 12.0. The van der Waals surface area contributed by atoms with Crippen molar-refractivity contribution in [2.24, 2.45) is 11.3 Å². The van der Waals surface area contributed by atoms with E-state index in [1.165, 1.54) is 32.1 Å². The molecule has 2 rings (SSSR count). The smallest absolute Gasteiger partial charge is 0.0614 e. The minimum atomic E-state index is 0.409. The first-order valence-electron chi connectivity index (χ1n) is 7.40. The van der Waals surface area contributed by atoms with Crippen molar-refractivity contribution in [1.82, 2.24) is 0 Å². The first kappa shape index (κ1) is 15.8. The summed E-state index contributed by atoms with van der Waals surface area (Å²) in [6, 6.07) is 3.55. The summed E-state index contributed by atoms with van der Waals surface area (Å²) in [5, 5.41) is 4.56. The number of hydrogen-bond donors (Lipinski definition) is 2. The molecule has 0 heterocycles. The van der Waals surface area contributed by atoms with Crippen LogP contribution in [0.2, 0.25) is 10.0 Å². The Hall–Kier alpha value is -0.600. The van der Waals surface area contributed by atoms with Crippen LogP contribution in [0.3, 0.4) is 0 Å². The summed E-state index contributed by atoms with van der Waals surface area (Å²) in [6.07, 6.45) is 6.55. The van der Waals surface area contributed by atoms with Gasteiger partial charge in [0.25, 0.3) is 0 Å². The molecule has 0 amide bonds. The molecule has 0 spiro atoms. The monoisotopic (exact) mass is 314 g/mol. The fourth-order valence-corrected chi connectivity index (χ4v) is 3.78. The molecule has 112 valence electrons. The van der Waals surface area contributed by atoms with Crippen LogP contribution in [-0.4, -0.2) is 6.54 Å². The third kappa shape index (κ3) is 3.73. The summed E-state index contributed by atoms with van der Waals surface area (Å²) in [6.45, 7) is 5.56. The van der Waals surface area contributed by atoms with Crippen molar-refractivity contribution in [3.63, 3.8) is 0 Å². The summed E-state index contributed by atoms with van der Waals surface area (Å²) in [5.74, 6) is 0.723. The van der Waals surface area contributed by atoms with Crippen LogP contribution in [0.15, 0.2) is 12.1 Å². The van der Waals surface area contributed by atoms with Gasteiger partial charge in [-0.25, -0.2) is 0 Å². The Kier molecular flexibility index (Phi) is 5.09. The van der Waals surface area contributed by atoms with Crippen LogP contribution in [0.25, 0.3) is 0 Å². The minimum absolute atomic E-state index is 0.409. The molecule has 1 saturated carbocycles. The van der Waals surface area contributed by atoms with Crippen LogP contribution in [0.1, 0.15) is 46.0 Å². The van der Waals surface area contributed by atoms with Gasteiger partial charge in [-0.3, -0.25) is 0 Å². The lowest BCUT2D eigenvalue weighted by molar-refractivity contribution is 0.252. The van der Waals surface area contributed by atoms with Gasteiger partial charge >= 0.3 is 0 Å². The van der Waals surface area contributed by atoms with E-state index in [4.69, 9.17) is 28.9 Å². The number of benzene rings is 1. The van der Waals surface area contributed by atoms with E-state index in [2.05, 4.69) is 19.2 Å². The van der Waals surface area contributed by atoms with Gasteiger partial charge in [-0.15, -0.1) is 0 Å². The van der Waals surface area contributed by atoms with Crippen LogP contribution in [0, 0.1) is 11.3 Å². The Morgan fingerprint density at radius 2 is 1.80 bits per heavy atom. The maximum absolute atomic E-state index is 6.07. The number of nitrogen functional groups attached to an aromatic ring is 1. The van der Waals surface area contributed by atoms with Crippen molar-refractivity contribution >= 4 is 34.6 Å². The Morgan fingerprint density at radius 3 is 2.40 bits per heavy atom. The molecule has 0 atom stereocenters. The summed E-state index contributed by atoms with van der Waals surface area (Å²) in [4.78, 5) is 0.